The van der Waals surface area contributed by atoms with Crippen LogP contribution in [0, 0.1) is 0 Å². The van der Waals surface area contributed by atoms with Gasteiger partial charge in [-0.05, 0) is 48.9 Å². The van der Waals surface area contributed by atoms with Crippen molar-refractivity contribution < 1.29 is 4.42 Å². The summed E-state index contributed by atoms with van der Waals surface area (Å²) in [5, 5.41) is 10.1. The molecule has 6 nitrogen and oxygen atoms in total. The standard InChI is InChI=1S/C25H19ClN4O2S/c1-16(17-7-3-2-4-8-17)30-24(31)20-9-5-6-10-21(20)27-25(30)33-15-22-28-29-23(32-22)18-11-13-19(26)14-12-18/h2-14,16H,15H2,1H3/t16-/m1/s1. The van der Waals surface area contributed by atoms with Gasteiger partial charge >= 0.3 is 0 Å². The van der Waals surface area contributed by atoms with Gasteiger partial charge in [0.2, 0.25) is 11.8 Å². The third-order valence-corrected chi connectivity index (χ3v) is 6.52. The van der Waals surface area contributed by atoms with E-state index in [-0.39, 0.29) is 11.6 Å². The van der Waals surface area contributed by atoms with Crippen molar-refractivity contribution in [3.8, 4) is 11.5 Å². The van der Waals surface area contributed by atoms with E-state index < -0.39 is 0 Å². The average Bonchev–Trinajstić information content (AvgIpc) is 3.32. The van der Waals surface area contributed by atoms with Crippen LogP contribution in [0.5, 0.6) is 0 Å². The van der Waals surface area contributed by atoms with E-state index in [1.165, 1.54) is 11.8 Å². The molecule has 0 fully saturated rings. The Hall–Kier alpha value is -3.42. The van der Waals surface area contributed by atoms with Crippen LogP contribution in [0.25, 0.3) is 22.4 Å². The first kappa shape index (κ1) is 21.4. The molecule has 0 spiro atoms. The van der Waals surface area contributed by atoms with Gasteiger partial charge in [-0.3, -0.25) is 9.36 Å². The lowest BCUT2D eigenvalue weighted by Gasteiger charge is -2.19. The molecule has 0 amide bonds. The summed E-state index contributed by atoms with van der Waals surface area (Å²) in [4.78, 5) is 18.2. The molecule has 0 unspecified atom stereocenters. The number of hydrogen-bond acceptors (Lipinski definition) is 6. The van der Waals surface area contributed by atoms with Crippen LogP contribution in [0.1, 0.15) is 24.4 Å². The number of halogens is 1. The highest BCUT2D eigenvalue weighted by Crippen LogP contribution is 2.28. The van der Waals surface area contributed by atoms with Gasteiger partial charge in [-0.2, -0.15) is 0 Å². The van der Waals surface area contributed by atoms with Gasteiger partial charge < -0.3 is 4.42 Å². The summed E-state index contributed by atoms with van der Waals surface area (Å²) in [6, 6.07) is 24.3. The number of rotatable bonds is 6. The van der Waals surface area contributed by atoms with Crippen molar-refractivity contribution in [3.05, 3.63) is 106 Å². The molecule has 2 heterocycles. The number of benzene rings is 3. The smallest absolute Gasteiger partial charge is 0.262 e. The van der Waals surface area contributed by atoms with E-state index in [0.717, 1.165) is 11.1 Å². The first-order valence-electron chi connectivity index (χ1n) is 10.4. The Kier molecular flexibility index (Phi) is 5.98. The van der Waals surface area contributed by atoms with Gasteiger partial charge in [-0.1, -0.05) is 65.8 Å². The molecule has 0 aliphatic rings. The van der Waals surface area contributed by atoms with Crippen molar-refractivity contribution in [2.45, 2.75) is 23.9 Å². The van der Waals surface area contributed by atoms with Gasteiger partial charge in [-0.15, -0.1) is 10.2 Å². The number of para-hydroxylation sites is 1. The molecule has 0 N–H and O–H groups in total. The zero-order valence-electron chi connectivity index (χ0n) is 17.7. The first-order chi connectivity index (χ1) is 16.1. The highest BCUT2D eigenvalue weighted by atomic mass is 35.5. The molecule has 3 aromatic carbocycles. The Labute approximate surface area is 199 Å². The Balaban J connectivity index is 1.49. The van der Waals surface area contributed by atoms with Crippen LogP contribution in [0.15, 0.2) is 93.2 Å². The van der Waals surface area contributed by atoms with Crippen LogP contribution in [-0.2, 0) is 5.75 Å². The molecule has 164 valence electrons. The van der Waals surface area contributed by atoms with Crippen molar-refractivity contribution in [2.24, 2.45) is 0 Å². The first-order valence-corrected chi connectivity index (χ1v) is 11.7. The summed E-state index contributed by atoms with van der Waals surface area (Å²) >= 11 is 7.35. The zero-order valence-corrected chi connectivity index (χ0v) is 19.3. The number of hydrogen-bond donors (Lipinski definition) is 0. The van der Waals surface area contributed by atoms with Gasteiger partial charge in [0.15, 0.2) is 5.16 Å². The van der Waals surface area contributed by atoms with Gasteiger partial charge in [0.25, 0.3) is 5.56 Å². The largest absolute Gasteiger partial charge is 0.420 e. The normalized spacial score (nSPS) is 12.2. The maximum absolute atomic E-state index is 13.4. The predicted octanol–water partition coefficient (Wildman–Crippen LogP) is 6.00. The van der Waals surface area contributed by atoms with Crippen LogP contribution >= 0.6 is 23.4 Å². The van der Waals surface area contributed by atoms with E-state index in [1.807, 2.05) is 73.7 Å². The number of thioether (sulfide) groups is 1. The van der Waals surface area contributed by atoms with Gasteiger partial charge in [0.05, 0.1) is 22.7 Å². The van der Waals surface area contributed by atoms with Crippen molar-refractivity contribution in [2.75, 3.05) is 0 Å². The number of aromatic nitrogens is 4. The third-order valence-electron chi connectivity index (χ3n) is 5.33. The highest BCUT2D eigenvalue weighted by Gasteiger charge is 2.19. The van der Waals surface area contributed by atoms with E-state index in [2.05, 4.69) is 10.2 Å². The second kappa shape index (κ2) is 9.21. The molecule has 0 saturated carbocycles. The van der Waals surface area contributed by atoms with Crippen LogP contribution in [0.4, 0.5) is 0 Å². The molecule has 2 aromatic heterocycles. The molecular formula is C25H19ClN4O2S. The van der Waals surface area contributed by atoms with E-state index in [1.54, 1.807) is 16.7 Å². The molecule has 0 bridgehead atoms. The Bertz CT molecular complexity index is 1470. The van der Waals surface area contributed by atoms with Crippen molar-refractivity contribution in [1.29, 1.82) is 0 Å². The van der Waals surface area contributed by atoms with Crippen LogP contribution in [-0.4, -0.2) is 19.7 Å². The topological polar surface area (TPSA) is 73.8 Å². The van der Waals surface area contributed by atoms with Gasteiger partial charge in [-0.25, -0.2) is 4.98 Å². The lowest BCUT2D eigenvalue weighted by Crippen LogP contribution is -2.27. The summed E-state index contributed by atoms with van der Waals surface area (Å²) in [7, 11) is 0. The molecule has 5 rings (SSSR count). The van der Waals surface area contributed by atoms with Crippen LogP contribution < -0.4 is 5.56 Å². The highest BCUT2D eigenvalue weighted by molar-refractivity contribution is 7.98. The second-order valence-corrected chi connectivity index (χ2v) is 8.85. The molecule has 8 heteroatoms. The Morgan fingerprint density at radius 1 is 0.970 bits per heavy atom. The molecule has 5 aromatic rings. The fraction of sp³-hybridized carbons (Fsp3) is 0.120. The minimum atomic E-state index is -0.189. The molecule has 0 radical (unpaired) electrons. The Morgan fingerprint density at radius 2 is 1.70 bits per heavy atom. The second-order valence-electron chi connectivity index (χ2n) is 7.47. The molecule has 0 aliphatic heterocycles. The maximum atomic E-state index is 13.4. The molecular weight excluding hydrogens is 456 g/mol. The van der Waals surface area contributed by atoms with Gasteiger partial charge in [0.1, 0.15) is 0 Å². The van der Waals surface area contributed by atoms with E-state index >= 15 is 0 Å². The van der Waals surface area contributed by atoms with Crippen LogP contribution in [0.3, 0.4) is 0 Å². The average molecular weight is 475 g/mol. The molecule has 1 atom stereocenters. The third kappa shape index (κ3) is 4.42. The van der Waals surface area contributed by atoms with Crippen molar-refractivity contribution in [1.82, 2.24) is 19.7 Å². The van der Waals surface area contributed by atoms with E-state index in [0.29, 0.717) is 38.6 Å². The lowest BCUT2D eigenvalue weighted by molar-refractivity contribution is 0.525. The van der Waals surface area contributed by atoms with E-state index in [9.17, 15) is 4.79 Å². The summed E-state index contributed by atoms with van der Waals surface area (Å²) in [5.41, 5.74) is 2.41. The molecule has 33 heavy (non-hydrogen) atoms. The predicted molar refractivity (Wildman–Crippen MR) is 131 cm³/mol. The van der Waals surface area contributed by atoms with Crippen LogP contribution in [0.2, 0.25) is 5.02 Å². The summed E-state index contributed by atoms with van der Waals surface area (Å²) in [5.74, 6) is 1.25. The number of fused-ring (bicyclic) bond motifs is 1. The SMILES string of the molecule is C[C@H](c1ccccc1)n1c(SCc2nnc(-c3ccc(Cl)cc3)o2)nc2ccccc2c1=O. The van der Waals surface area contributed by atoms with Crippen molar-refractivity contribution >= 4 is 34.3 Å². The minimum absolute atomic E-state index is 0.0770. The Morgan fingerprint density at radius 3 is 2.48 bits per heavy atom. The van der Waals surface area contributed by atoms with Crippen molar-refractivity contribution in [3.63, 3.8) is 0 Å². The fourth-order valence-corrected chi connectivity index (χ4v) is 4.64. The minimum Gasteiger partial charge on any atom is -0.420 e. The summed E-state index contributed by atoms with van der Waals surface area (Å²) in [6.07, 6.45) is 0. The van der Waals surface area contributed by atoms with E-state index in [4.69, 9.17) is 21.0 Å². The molecule has 0 saturated heterocycles. The lowest BCUT2D eigenvalue weighted by atomic mass is 10.1. The fourth-order valence-electron chi connectivity index (χ4n) is 3.60. The zero-order chi connectivity index (χ0) is 22.8. The van der Waals surface area contributed by atoms with Gasteiger partial charge in [0, 0.05) is 10.6 Å². The maximum Gasteiger partial charge on any atom is 0.262 e. The molecule has 0 aliphatic carbocycles. The number of nitrogens with zero attached hydrogens (tertiary/aromatic N) is 4. The quantitative estimate of drug-likeness (QED) is 0.222. The summed E-state index contributed by atoms with van der Waals surface area (Å²) in [6.45, 7) is 2.00. The summed E-state index contributed by atoms with van der Waals surface area (Å²) < 4.78 is 7.57. The monoisotopic (exact) mass is 474 g/mol.